The number of rotatable bonds is 14. The molecule has 1 saturated heterocycles. The molecule has 1 fully saturated rings. The summed E-state index contributed by atoms with van der Waals surface area (Å²) in [5.41, 5.74) is 0.512. The summed E-state index contributed by atoms with van der Waals surface area (Å²) in [6.45, 7) is 2.22. The molecule has 5 aromatic rings. The largest absolute Gasteiger partial charge is 0.508 e. The number of carboxylic acids is 1. The maximum atomic E-state index is 13.3. The summed E-state index contributed by atoms with van der Waals surface area (Å²) in [7, 11) is 0. The number of H-pyrrole nitrogens is 1. The lowest BCUT2D eigenvalue weighted by molar-refractivity contribution is -0.311. The predicted octanol–water partition coefficient (Wildman–Crippen LogP) is 4.32. The minimum atomic E-state index is -2.31. The Balaban J connectivity index is 1.20. The van der Waals surface area contributed by atoms with Gasteiger partial charge in [0.1, 0.15) is 35.6 Å². The average Bonchev–Trinajstić information content (AvgIpc) is 3.66. The van der Waals surface area contributed by atoms with Crippen molar-refractivity contribution < 1.29 is 44.2 Å². The van der Waals surface area contributed by atoms with Crippen LogP contribution in [0.2, 0.25) is 0 Å². The summed E-state index contributed by atoms with van der Waals surface area (Å²) in [5.74, 6) is -1.18. The zero-order valence-corrected chi connectivity index (χ0v) is 28.5. The number of allylic oxidation sites excluding steroid dienone is 1. The van der Waals surface area contributed by atoms with Crippen molar-refractivity contribution in [1.82, 2.24) is 10.3 Å². The number of aliphatic carboxylic acids is 1. The van der Waals surface area contributed by atoms with Crippen LogP contribution in [0.15, 0.2) is 113 Å². The van der Waals surface area contributed by atoms with Gasteiger partial charge in [0.25, 0.3) is 0 Å². The number of aromatic hydroxyl groups is 1. The zero-order valence-electron chi connectivity index (χ0n) is 28.5. The van der Waals surface area contributed by atoms with Gasteiger partial charge in [-0.3, -0.25) is 4.79 Å². The van der Waals surface area contributed by atoms with Crippen molar-refractivity contribution in [2.24, 2.45) is 11.8 Å². The number of hydrogen-bond donors (Lipinski definition) is 7. The molecule has 0 aliphatic carbocycles. The second-order valence-corrected chi connectivity index (χ2v) is 13.3. The molecule has 0 spiro atoms. The number of aromatic amines is 1. The van der Waals surface area contributed by atoms with Crippen molar-refractivity contribution in [1.29, 1.82) is 0 Å². The topological polar surface area (TPSA) is 195 Å². The van der Waals surface area contributed by atoms with Crippen molar-refractivity contribution in [3.63, 3.8) is 0 Å². The third-order valence-corrected chi connectivity index (χ3v) is 9.63. The summed E-state index contributed by atoms with van der Waals surface area (Å²) in [6, 6.07) is 22.4. The monoisotopic (exact) mass is 710 g/mol. The number of benzene rings is 3. The van der Waals surface area contributed by atoms with Gasteiger partial charge in [-0.25, -0.2) is 4.79 Å². The number of phenolic OH excluding ortho intramolecular Hbond substituents is 1. The Labute approximate surface area is 299 Å². The molecule has 0 radical (unpaired) electrons. The number of aliphatic hydroxyl groups is 3. The highest BCUT2D eigenvalue weighted by molar-refractivity contribution is 5.82. The number of phenols is 1. The first kappa shape index (κ1) is 36.5. The lowest BCUT2D eigenvalue weighted by Crippen LogP contribution is -2.71. The molecule has 3 heterocycles. The standard InChI is InChI=1S/C40H42N2O10/c1-24(6-5-9-25-7-3-2-4-8-25)28(18-26-16-17-41-20-26)21-42-23-40(49)37(46)35(45)36(38(47)48)52-39(40)51-30-14-15-31-33(19-30)50-22-32(34(31)44)27-10-12-29(43)13-11-27/h2-5,7-17,19-20,22,24,28,35-37,39,41-43,45-46,49H,6,18,21,23H2,1H3,(H,47,48)/b9-5+/t24-,28+,35-,36+,37+,39-,40-/m1/s1. The van der Waals surface area contributed by atoms with Crippen LogP contribution in [0, 0.1) is 11.8 Å². The summed E-state index contributed by atoms with van der Waals surface area (Å²) in [6.07, 6.45) is 3.17. The van der Waals surface area contributed by atoms with E-state index < -0.39 is 36.2 Å². The summed E-state index contributed by atoms with van der Waals surface area (Å²) >= 11 is 0. The minimum Gasteiger partial charge on any atom is -0.508 e. The predicted molar refractivity (Wildman–Crippen MR) is 194 cm³/mol. The molecule has 12 heteroatoms. The van der Waals surface area contributed by atoms with E-state index in [0.29, 0.717) is 18.5 Å². The van der Waals surface area contributed by atoms with Gasteiger partial charge in [-0.2, -0.15) is 0 Å². The van der Waals surface area contributed by atoms with Crippen LogP contribution in [0.1, 0.15) is 24.5 Å². The molecule has 7 N–H and O–H groups in total. The van der Waals surface area contributed by atoms with E-state index in [4.69, 9.17) is 13.9 Å². The molecule has 0 amide bonds. The van der Waals surface area contributed by atoms with Gasteiger partial charge < -0.3 is 49.7 Å². The number of ether oxygens (including phenoxy) is 2. The fraction of sp³-hybridized carbons (Fsp3) is 0.300. The lowest BCUT2D eigenvalue weighted by Gasteiger charge is -2.47. The van der Waals surface area contributed by atoms with E-state index in [0.717, 1.165) is 17.5 Å². The van der Waals surface area contributed by atoms with Gasteiger partial charge in [0.05, 0.1) is 10.9 Å². The van der Waals surface area contributed by atoms with Gasteiger partial charge in [0.15, 0.2) is 17.1 Å². The highest BCUT2D eigenvalue weighted by Crippen LogP contribution is 2.34. The van der Waals surface area contributed by atoms with Gasteiger partial charge in [0.2, 0.25) is 6.29 Å². The van der Waals surface area contributed by atoms with Crippen molar-refractivity contribution in [2.75, 3.05) is 13.1 Å². The summed E-state index contributed by atoms with van der Waals surface area (Å²) in [5, 5.41) is 56.6. The first-order valence-electron chi connectivity index (χ1n) is 17.1. The van der Waals surface area contributed by atoms with E-state index in [1.54, 1.807) is 12.1 Å². The molecule has 3 aromatic carbocycles. The fourth-order valence-electron chi connectivity index (χ4n) is 6.50. The van der Waals surface area contributed by atoms with E-state index in [9.17, 15) is 35.1 Å². The minimum absolute atomic E-state index is 0.0494. The Morgan fingerprint density at radius 2 is 1.85 bits per heavy atom. The number of aromatic nitrogens is 1. The van der Waals surface area contributed by atoms with Crippen LogP contribution >= 0.6 is 0 Å². The van der Waals surface area contributed by atoms with Gasteiger partial charge in [-0.05, 0) is 78.2 Å². The SMILES string of the molecule is C[C@H](C/C=C/c1ccccc1)[C@H](CNC[C@]1(O)[C@H](Oc2ccc3c(=O)c(-c4ccc(O)cc4)coc3c2)O[C@H](C(=O)O)[C@@H](O)[C@@H]1O)Cc1cc[nH]c1. The highest BCUT2D eigenvalue weighted by Gasteiger charge is 2.58. The molecule has 52 heavy (non-hydrogen) atoms. The quantitative estimate of drug-likeness (QED) is 0.0868. The fourth-order valence-corrected chi connectivity index (χ4v) is 6.50. The van der Waals surface area contributed by atoms with Crippen LogP contribution in [-0.2, 0) is 16.0 Å². The smallest absolute Gasteiger partial charge is 0.335 e. The molecule has 1 aliphatic rings. The van der Waals surface area contributed by atoms with E-state index in [1.165, 1.54) is 36.6 Å². The number of fused-ring (bicyclic) bond motifs is 1. The molecule has 0 bridgehead atoms. The number of aliphatic hydroxyl groups excluding tert-OH is 2. The van der Waals surface area contributed by atoms with Crippen molar-refractivity contribution in [3.05, 3.63) is 125 Å². The van der Waals surface area contributed by atoms with Crippen LogP contribution in [-0.4, -0.2) is 79.8 Å². The van der Waals surface area contributed by atoms with Crippen LogP contribution < -0.4 is 15.5 Å². The molecular weight excluding hydrogens is 668 g/mol. The van der Waals surface area contributed by atoms with E-state index in [1.807, 2.05) is 48.8 Å². The van der Waals surface area contributed by atoms with Crippen LogP contribution in [0.3, 0.4) is 0 Å². The molecule has 272 valence electrons. The maximum Gasteiger partial charge on any atom is 0.335 e. The molecule has 0 saturated carbocycles. The van der Waals surface area contributed by atoms with E-state index in [-0.39, 0.29) is 51.8 Å². The number of carboxylic acid groups (broad SMARTS) is 1. The Kier molecular flexibility index (Phi) is 11.2. The van der Waals surface area contributed by atoms with Gasteiger partial charge in [-0.15, -0.1) is 0 Å². The third kappa shape index (κ3) is 8.12. The Bertz CT molecular complexity index is 2030. The van der Waals surface area contributed by atoms with Gasteiger partial charge in [-0.1, -0.05) is 61.5 Å². The molecule has 1 aliphatic heterocycles. The second kappa shape index (κ2) is 16.0. The Morgan fingerprint density at radius 3 is 2.56 bits per heavy atom. The Morgan fingerprint density at radius 1 is 1.08 bits per heavy atom. The number of nitrogens with one attached hydrogen (secondary N) is 2. The molecule has 2 aromatic heterocycles. The molecule has 6 rings (SSSR count). The van der Waals surface area contributed by atoms with Crippen LogP contribution in [0.25, 0.3) is 28.2 Å². The normalized spacial score (nSPS) is 23.1. The first-order chi connectivity index (χ1) is 25.0. The van der Waals surface area contributed by atoms with E-state index >= 15 is 0 Å². The van der Waals surface area contributed by atoms with Crippen molar-refractivity contribution >= 4 is 23.0 Å². The zero-order chi connectivity index (χ0) is 36.8. The molecule has 12 nitrogen and oxygen atoms in total. The summed E-state index contributed by atoms with van der Waals surface area (Å²) < 4.78 is 17.3. The summed E-state index contributed by atoms with van der Waals surface area (Å²) in [4.78, 5) is 28.4. The molecular formula is C40H42N2O10. The second-order valence-electron chi connectivity index (χ2n) is 13.3. The number of carbonyl (C=O) groups is 1. The maximum absolute atomic E-state index is 13.3. The first-order valence-corrected chi connectivity index (χ1v) is 17.1. The number of hydrogen-bond acceptors (Lipinski definition) is 10. The van der Waals surface area contributed by atoms with E-state index in [2.05, 4.69) is 29.4 Å². The Hall–Kier alpha value is -5.24. The molecule has 7 atom stereocenters. The third-order valence-electron chi connectivity index (χ3n) is 9.63. The van der Waals surface area contributed by atoms with Crippen LogP contribution in [0.4, 0.5) is 0 Å². The lowest BCUT2D eigenvalue weighted by atomic mass is 9.84. The van der Waals surface area contributed by atoms with Crippen molar-refractivity contribution in [3.8, 4) is 22.6 Å². The van der Waals surface area contributed by atoms with Crippen molar-refractivity contribution in [2.45, 2.75) is 50.0 Å². The highest BCUT2D eigenvalue weighted by atomic mass is 16.7. The van der Waals surface area contributed by atoms with Gasteiger partial charge in [0, 0.05) is 25.0 Å². The molecule has 0 unspecified atom stereocenters. The van der Waals surface area contributed by atoms with Gasteiger partial charge >= 0.3 is 5.97 Å². The van der Waals surface area contributed by atoms with Crippen LogP contribution in [0.5, 0.6) is 11.5 Å². The average molecular weight is 711 g/mol.